The number of halogens is 2. The Bertz CT molecular complexity index is 682. The highest BCUT2D eigenvalue weighted by Crippen LogP contribution is 2.29. The Hall–Kier alpha value is -1.14. The van der Waals surface area contributed by atoms with Crippen molar-refractivity contribution in [3.63, 3.8) is 0 Å². The van der Waals surface area contributed by atoms with Gasteiger partial charge in [-0.05, 0) is 49.9 Å². The molecular formula is C15H17Cl2N3OS. The maximum absolute atomic E-state index is 12.3. The molecule has 1 atom stereocenters. The van der Waals surface area contributed by atoms with Crippen LogP contribution in [0.2, 0.25) is 5.02 Å². The Morgan fingerprint density at radius 2 is 2.23 bits per heavy atom. The van der Waals surface area contributed by atoms with Crippen LogP contribution >= 0.6 is 35.3 Å². The minimum Gasteiger partial charge on any atom is -0.327 e. The van der Waals surface area contributed by atoms with E-state index >= 15 is 0 Å². The molecule has 0 saturated carbocycles. The molecular weight excluding hydrogens is 341 g/mol. The lowest BCUT2D eigenvalue weighted by Crippen LogP contribution is -2.27. The van der Waals surface area contributed by atoms with Gasteiger partial charge in [-0.15, -0.1) is 23.7 Å². The SMILES string of the molecule is Cc1cc(Cl)cc(C(=O)Nc2nc3c(s2)C[C@@H](N)CC3)c1.Cl. The Morgan fingerprint density at radius 1 is 1.45 bits per heavy atom. The van der Waals surface area contributed by atoms with Crippen molar-refractivity contribution in [2.24, 2.45) is 5.73 Å². The Balaban J connectivity index is 0.00000176. The van der Waals surface area contributed by atoms with Crippen molar-refractivity contribution in [3.8, 4) is 0 Å². The van der Waals surface area contributed by atoms with Gasteiger partial charge in [-0.2, -0.15) is 0 Å². The number of rotatable bonds is 2. The van der Waals surface area contributed by atoms with E-state index in [1.165, 1.54) is 16.2 Å². The first kappa shape index (κ1) is 17.2. The van der Waals surface area contributed by atoms with Crippen LogP contribution in [0.4, 0.5) is 5.13 Å². The Morgan fingerprint density at radius 3 is 2.95 bits per heavy atom. The summed E-state index contributed by atoms with van der Waals surface area (Å²) in [6.45, 7) is 1.91. The van der Waals surface area contributed by atoms with Gasteiger partial charge in [0.15, 0.2) is 5.13 Å². The molecule has 1 aliphatic rings. The lowest BCUT2D eigenvalue weighted by Gasteiger charge is -2.15. The predicted molar refractivity (Wildman–Crippen MR) is 93.5 cm³/mol. The molecule has 1 aliphatic carbocycles. The molecule has 4 nitrogen and oxygen atoms in total. The maximum atomic E-state index is 12.3. The van der Waals surface area contributed by atoms with Crippen LogP contribution in [0.15, 0.2) is 18.2 Å². The summed E-state index contributed by atoms with van der Waals surface area (Å²) in [5.74, 6) is -0.184. The summed E-state index contributed by atoms with van der Waals surface area (Å²) in [5.41, 5.74) is 8.53. The number of carbonyl (C=O) groups excluding carboxylic acids is 1. The molecule has 0 fully saturated rings. The third kappa shape index (κ3) is 3.79. The van der Waals surface area contributed by atoms with Gasteiger partial charge in [0.2, 0.25) is 0 Å². The average Bonchev–Trinajstić information content (AvgIpc) is 2.78. The lowest BCUT2D eigenvalue weighted by atomic mass is 9.99. The van der Waals surface area contributed by atoms with E-state index in [0.717, 1.165) is 30.5 Å². The normalized spacial score (nSPS) is 16.6. The fourth-order valence-electron chi connectivity index (χ4n) is 2.49. The highest BCUT2D eigenvalue weighted by molar-refractivity contribution is 7.15. The van der Waals surface area contributed by atoms with Gasteiger partial charge >= 0.3 is 0 Å². The van der Waals surface area contributed by atoms with Gasteiger partial charge in [0.05, 0.1) is 5.69 Å². The van der Waals surface area contributed by atoms with E-state index < -0.39 is 0 Å². The Labute approximate surface area is 144 Å². The molecule has 1 aromatic carbocycles. The highest BCUT2D eigenvalue weighted by Gasteiger charge is 2.21. The van der Waals surface area contributed by atoms with Crippen LogP contribution in [0, 0.1) is 6.92 Å². The number of hydrogen-bond acceptors (Lipinski definition) is 4. The minimum absolute atomic E-state index is 0. The average molecular weight is 358 g/mol. The number of nitrogens with zero attached hydrogens (tertiary/aromatic N) is 1. The third-order valence-corrected chi connectivity index (χ3v) is 4.76. The van der Waals surface area contributed by atoms with Crippen LogP contribution in [0.5, 0.6) is 0 Å². The van der Waals surface area contributed by atoms with E-state index in [1.807, 2.05) is 19.1 Å². The van der Waals surface area contributed by atoms with E-state index in [2.05, 4.69) is 10.3 Å². The summed E-state index contributed by atoms with van der Waals surface area (Å²) in [6.07, 6.45) is 2.69. The lowest BCUT2D eigenvalue weighted by molar-refractivity contribution is 0.102. The van der Waals surface area contributed by atoms with Crippen molar-refractivity contribution in [1.29, 1.82) is 0 Å². The van der Waals surface area contributed by atoms with E-state index in [9.17, 15) is 4.79 Å². The van der Waals surface area contributed by atoms with Crippen LogP contribution < -0.4 is 11.1 Å². The van der Waals surface area contributed by atoms with E-state index in [-0.39, 0.29) is 24.4 Å². The van der Waals surface area contributed by atoms with Crippen molar-refractivity contribution in [1.82, 2.24) is 4.98 Å². The number of aryl methyl sites for hydroxylation is 2. The molecule has 0 spiro atoms. The number of nitrogens with two attached hydrogens (primary N) is 1. The number of nitrogens with one attached hydrogen (secondary N) is 1. The summed E-state index contributed by atoms with van der Waals surface area (Å²) in [4.78, 5) is 17.9. The summed E-state index contributed by atoms with van der Waals surface area (Å²) in [6, 6.07) is 5.50. The predicted octanol–water partition coefficient (Wildman–Crippen LogP) is 3.60. The molecule has 0 aliphatic heterocycles. The van der Waals surface area contributed by atoms with Crippen LogP contribution in [-0.4, -0.2) is 16.9 Å². The number of benzene rings is 1. The van der Waals surface area contributed by atoms with Gasteiger partial charge < -0.3 is 5.73 Å². The second-order valence-corrected chi connectivity index (χ2v) is 6.88. The van der Waals surface area contributed by atoms with Gasteiger partial charge in [0.1, 0.15) is 0 Å². The third-order valence-electron chi connectivity index (χ3n) is 3.50. The number of amides is 1. The standard InChI is InChI=1S/C15H16ClN3OS.ClH/c1-8-4-9(6-10(16)5-8)14(20)19-15-18-12-3-2-11(17)7-13(12)21-15;/h4-6,11H,2-3,7,17H2,1H3,(H,18,19,20);1H/t11-;/m0./s1. The van der Waals surface area contributed by atoms with Crippen molar-refractivity contribution in [3.05, 3.63) is 44.9 Å². The first-order chi connectivity index (χ1) is 10.0. The molecule has 0 unspecified atom stereocenters. The minimum atomic E-state index is -0.184. The molecule has 22 heavy (non-hydrogen) atoms. The van der Waals surface area contributed by atoms with Crippen LogP contribution in [0.25, 0.3) is 0 Å². The van der Waals surface area contributed by atoms with Gasteiger partial charge in [-0.3, -0.25) is 10.1 Å². The first-order valence-corrected chi connectivity index (χ1v) is 8.03. The van der Waals surface area contributed by atoms with Crippen molar-refractivity contribution in [2.75, 3.05) is 5.32 Å². The van der Waals surface area contributed by atoms with Gasteiger partial charge in [-0.1, -0.05) is 11.6 Å². The number of anilines is 1. The van der Waals surface area contributed by atoms with Crippen LogP contribution in [-0.2, 0) is 12.8 Å². The smallest absolute Gasteiger partial charge is 0.257 e. The molecule has 1 heterocycles. The molecule has 0 radical (unpaired) electrons. The van der Waals surface area contributed by atoms with Crippen molar-refractivity contribution in [2.45, 2.75) is 32.2 Å². The monoisotopic (exact) mass is 357 g/mol. The number of thiazole rings is 1. The zero-order chi connectivity index (χ0) is 15.0. The van der Waals surface area contributed by atoms with Gasteiger partial charge in [0.25, 0.3) is 5.91 Å². The zero-order valence-electron chi connectivity index (χ0n) is 12.1. The van der Waals surface area contributed by atoms with E-state index in [0.29, 0.717) is 15.7 Å². The quantitative estimate of drug-likeness (QED) is 0.862. The summed E-state index contributed by atoms with van der Waals surface area (Å²) < 4.78 is 0. The largest absolute Gasteiger partial charge is 0.327 e. The van der Waals surface area contributed by atoms with Crippen LogP contribution in [0.3, 0.4) is 0 Å². The molecule has 3 rings (SSSR count). The van der Waals surface area contributed by atoms with Crippen LogP contribution in [0.1, 0.15) is 32.9 Å². The first-order valence-electron chi connectivity index (χ1n) is 6.84. The Kier molecular flexibility index (Phi) is 5.45. The van der Waals surface area contributed by atoms with E-state index in [4.69, 9.17) is 17.3 Å². The zero-order valence-corrected chi connectivity index (χ0v) is 14.4. The fourth-order valence-corrected chi connectivity index (χ4v) is 3.88. The molecule has 2 aromatic rings. The number of aromatic nitrogens is 1. The van der Waals surface area contributed by atoms with Gasteiger partial charge in [-0.25, -0.2) is 4.98 Å². The summed E-state index contributed by atoms with van der Waals surface area (Å²) in [7, 11) is 0. The topological polar surface area (TPSA) is 68.0 Å². The second-order valence-electron chi connectivity index (χ2n) is 5.36. The molecule has 3 N–H and O–H groups in total. The second kappa shape index (κ2) is 6.96. The van der Waals surface area contributed by atoms with Gasteiger partial charge in [0, 0.05) is 21.5 Å². The number of carbonyl (C=O) groups is 1. The number of hydrogen-bond donors (Lipinski definition) is 2. The molecule has 118 valence electrons. The summed E-state index contributed by atoms with van der Waals surface area (Å²) >= 11 is 7.50. The van der Waals surface area contributed by atoms with Crippen molar-refractivity contribution >= 4 is 46.4 Å². The molecule has 0 bridgehead atoms. The molecule has 0 saturated heterocycles. The highest BCUT2D eigenvalue weighted by atomic mass is 35.5. The molecule has 7 heteroatoms. The molecule has 1 amide bonds. The van der Waals surface area contributed by atoms with E-state index in [1.54, 1.807) is 6.07 Å². The number of fused-ring (bicyclic) bond motifs is 1. The summed E-state index contributed by atoms with van der Waals surface area (Å²) in [5, 5.41) is 4.05. The maximum Gasteiger partial charge on any atom is 0.257 e. The van der Waals surface area contributed by atoms with Crippen molar-refractivity contribution < 1.29 is 4.79 Å². The molecule has 1 aromatic heterocycles. The fraction of sp³-hybridized carbons (Fsp3) is 0.333.